The molecular formula is C14H14O3S. The SMILES string of the molecule is Cc1ccc(C(=O)COc2cccc(CO)c2)s1. The Morgan fingerprint density at radius 3 is 2.83 bits per heavy atom. The summed E-state index contributed by atoms with van der Waals surface area (Å²) in [4.78, 5) is 13.6. The van der Waals surface area contributed by atoms with Crippen molar-refractivity contribution < 1.29 is 14.6 Å². The maximum Gasteiger partial charge on any atom is 0.210 e. The molecule has 2 rings (SSSR count). The summed E-state index contributed by atoms with van der Waals surface area (Å²) in [5, 5.41) is 9.00. The Labute approximate surface area is 110 Å². The van der Waals surface area contributed by atoms with E-state index in [4.69, 9.17) is 9.84 Å². The van der Waals surface area contributed by atoms with Crippen LogP contribution in [0.1, 0.15) is 20.1 Å². The van der Waals surface area contributed by atoms with Gasteiger partial charge in [-0.2, -0.15) is 0 Å². The number of aliphatic hydroxyl groups excluding tert-OH is 1. The molecule has 1 heterocycles. The van der Waals surface area contributed by atoms with Crippen LogP contribution in [0.15, 0.2) is 36.4 Å². The number of ether oxygens (including phenoxy) is 1. The number of Topliss-reactive ketones (excluding diaryl/α,β-unsaturated/α-hetero) is 1. The molecule has 0 radical (unpaired) electrons. The minimum Gasteiger partial charge on any atom is -0.485 e. The number of carbonyl (C=O) groups excluding carboxylic acids is 1. The lowest BCUT2D eigenvalue weighted by molar-refractivity contribution is 0.0925. The molecule has 0 spiro atoms. The molecule has 0 unspecified atom stereocenters. The molecular weight excluding hydrogens is 248 g/mol. The first kappa shape index (κ1) is 12.8. The van der Waals surface area contributed by atoms with Crippen molar-refractivity contribution in [2.24, 2.45) is 0 Å². The fourth-order valence-corrected chi connectivity index (χ4v) is 2.33. The van der Waals surface area contributed by atoms with Crippen LogP contribution in [0, 0.1) is 6.92 Å². The fraction of sp³-hybridized carbons (Fsp3) is 0.214. The van der Waals surface area contributed by atoms with Crippen LogP contribution in [-0.2, 0) is 6.61 Å². The molecule has 0 saturated carbocycles. The molecule has 0 atom stereocenters. The van der Waals surface area contributed by atoms with E-state index in [1.165, 1.54) is 11.3 Å². The topological polar surface area (TPSA) is 46.5 Å². The van der Waals surface area contributed by atoms with Gasteiger partial charge in [0.1, 0.15) is 5.75 Å². The number of aryl methyl sites for hydroxylation is 1. The first-order valence-electron chi connectivity index (χ1n) is 5.61. The van der Waals surface area contributed by atoms with Gasteiger partial charge in [0.25, 0.3) is 0 Å². The molecule has 1 N–H and O–H groups in total. The summed E-state index contributed by atoms with van der Waals surface area (Å²) in [6.45, 7) is 1.96. The number of aliphatic hydroxyl groups is 1. The molecule has 2 aromatic rings. The van der Waals surface area contributed by atoms with Crippen molar-refractivity contribution in [3.8, 4) is 5.75 Å². The zero-order valence-electron chi connectivity index (χ0n) is 10.1. The molecule has 0 aliphatic carbocycles. The Hall–Kier alpha value is -1.65. The molecule has 4 heteroatoms. The molecule has 0 amide bonds. The van der Waals surface area contributed by atoms with Crippen molar-refractivity contribution in [2.75, 3.05) is 6.61 Å². The monoisotopic (exact) mass is 262 g/mol. The quantitative estimate of drug-likeness (QED) is 0.843. The van der Waals surface area contributed by atoms with Gasteiger partial charge in [-0.1, -0.05) is 12.1 Å². The van der Waals surface area contributed by atoms with E-state index in [2.05, 4.69) is 0 Å². The van der Waals surface area contributed by atoms with Gasteiger partial charge in [0.2, 0.25) is 5.78 Å². The molecule has 94 valence electrons. The number of hydrogen-bond donors (Lipinski definition) is 1. The van der Waals surface area contributed by atoms with Gasteiger partial charge in [0.15, 0.2) is 6.61 Å². The number of ketones is 1. The fourth-order valence-electron chi connectivity index (χ4n) is 1.54. The van der Waals surface area contributed by atoms with Crippen molar-refractivity contribution in [2.45, 2.75) is 13.5 Å². The van der Waals surface area contributed by atoms with Crippen molar-refractivity contribution in [1.82, 2.24) is 0 Å². The Bertz CT molecular complexity index is 545. The molecule has 0 saturated heterocycles. The van der Waals surface area contributed by atoms with Crippen LogP contribution >= 0.6 is 11.3 Å². The Morgan fingerprint density at radius 2 is 2.17 bits per heavy atom. The highest BCUT2D eigenvalue weighted by atomic mass is 32.1. The summed E-state index contributed by atoms with van der Waals surface area (Å²) in [5.74, 6) is 0.575. The van der Waals surface area contributed by atoms with Crippen molar-refractivity contribution in [3.05, 3.63) is 51.7 Å². The van der Waals surface area contributed by atoms with E-state index < -0.39 is 0 Å². The third-order valence-corrected chi connectivity index (χ3v) is 3.51. The van der Waals surface area contributed by atoms with Crippen molar-refractivity contribution >= 4 is 17.1 Å². The van der Waals surface area contributed by atoms with Crippen molar-refractivity contribution in [1.29, 1.82) is 0 Å². The minimum absolute atomic E-state index is 0.0227. The van der Waals surface area contributed by atoms with Crippen LogP contribution in [-0.4, -0.2) is 17.5 Å². The van der Waals surface area contributed by atoms with E-state index in [0.717, 1.165) is 10.4 Å². The lowest BCUT2D eigenvalue weighted by atomic mass is 10.2. The highest BCUT2D eigenvalue weighted by Crippen LogP contribution is 2.17. The van der Waals surface area contributed by atoms with Crippen molar-refractivity contribution in [3.63, 3.8) is 0 Å². The van der Waals surface area contributed by atoms with Crippen LogP contribution in [0.2, 0.25) is 0 Å². The third-order valence-electron chi connectivity index (χ3n) is 2.47. The zero-order chi connectivity index (χ0) is 13.0. The van der Waals surface area contributed by atoms with Gasteiger partial charge in [0.05, 0.1) is 11.5 Å². The van der Waals surface area contributed by atoms with E-state index in [1.807, 2.05) is 19.1 Å². The molecule has 1 aromatic heterocycles. The minimum atomic E-state index is -0.0325. The van der Waals surface area contributed by atoms with Gasteiger partial charge in [-0.25, -0.2) is 0 Å². The number of carbonyl (C=O) groups is 1. The summed E-state index contributed by atoms with van der Waals surface area (Å²) in [5.41, 5.74) is 0.770. The Kier molecular flexibility index (Phi) is 4.12. The normalized spacial score (nSPS) is 10.3. The van der Waals surface area contributed by atoms with E-state index >= 15 is 0 Å². The Morgan fingerprint density at radius 1 is 1.33 bits per heavy atom. The van der Waals surface area contributed by atoms with Gasteiger partial charge in [-0.15, -0.1) is 11.3 Å². The zero-order valence-corrected chi connectivity index (χ0v) is 10.9. The summed E-state index contributed by atoms with van der Waals surface area (Å²) in [7, 11) is 0. The lowest BCUT2D eigenvalue weighted by Crippen LogP contribution is -2.10. The second-order valence-electron chi connectivity index (χ2n) is 3.93. The average molecular weight is 262 g/mol. The summed E-state index contributed by atoms with van der Waals surface area (Å²) >= 11 is 1.47. The third kappa shape index (κ3) is 3.18. The standard InChI is InChI=1S/C14H14O3S/c1-10-5-6-14(18-10)13(16)9-17-12-4-2-3-11(7-12)8-15/h2-7,15H,8-9H2,1H3. The summed E-state index contributed by atoms with van der Waals surface area (Å²) in [6.07, 6.45) is 0. The van der Waals surface area contributed by atoms with E-state index in [1.54, 1.807) is 24.3 Å². The van der Waals surface area contributed by atoms with E-state index in [-0.39, 0.29) is 19.0 Å². The maximum absolute atomic E-state index is 11.8. The highest BCUT2D eigenvalue weighted by Gasteiger charge is 2.09. The second-order valence-corrected chi connectivity index (χ2v) is 5.22. The smallest absolute Gasteiger partial charge is 0.210 e. The van der Waals surface area contributed by atoms with Gasteiger partial charge in [-0.3, -0.25) is 4.79 Å². The molecule has 0 bridgehead atoms. The first-order valence-corrected chi connectivity index (χ1v) is 6.43. The first-order chi connectivity index (χ1) is 8.69. The van der Waals surface area contributed by atoms with Gasteiger partial charge in [0, 0.05) is 4.88 Å². The number of hydrogen-bond acceptors (Lipinski definition) is 4. The molecule has 18 heavy (non-hydrogen) atoms. The second kappa shape index (κ2) is 5.80. The van der Waals surface area contributed by atoms with Crippen LogP contribution in [0.25, 0.3) is 0 Å². The van der Waals surface area contributed by atoms with E-state index in [9.17, 15) is 4.79 Å². The molecule has 0 fully saturated rings. The number of rotatable bonds is 5. The Balaban J connectivity index is 1.97. The molecule has 0 aliphatic rings. The number of benzene rings is 1. The highest BCUT2D eigenvalue weighted by molar-refractivity contribution is 7.14. The van der Waals surface area contributed by atoms with Crippen LogP contribution in [0.5, 0.6) is 5.75 Å². The van der Waals surface area contributed by atoms with Crippen LogP contribution in [0.4, 0.5) is 0 Å². The maximum atomic E-state index is 11.8. The van der Waals surface area contributed by atoms with Crippen LogP contribution < -0.4 is 4.74 Å². The molecule has 1 aromatic carbocycles. The average Bonchev–Trinajstić information content (AvgIpc) is 2.83. The predicted octanol–water partition coefficient (Wildman–Crippen LogP) is 2.81. The lowest BCUT2D eigenvalue weighted by Gasteiger charge is -2.05. The van der Waals surface area contributed by atoms with Crippen LogP contribution in [0.3, 0.4) is 0 Å². The van der Waals surface area contributed by atoms with E-state index in [0.29, 0.717) is 10.6 Å². The molecule has 0 aliphatic heterocycles. The predicted molar refractivity (Wildman–Crippen MR) is 71.2 cm³/mol. The van der Waals surface area contributed by atoms with Gasteiger partial charge >= 0.3 is 0 Å². The van der Waals surface area contributed by atoms with Gasteiger partial charge < -0.3 is 9.84 Å². The largest absolute Gasteiger partial charge is 0.485 e. The molecule has 3 nitrogen and oxygen atoms in total. The summed E-state index contributed by atoms with van der Waals surface area (Å²) < 4.78 is 5.42. The number of thiophene rings is 1. The summed E-state index contributed by atoms with van der Waals surface area (Å²) in [6, 6.07) is 10.8. The van der Waals surface area contributed by atoms with Gasteiger partial charge in [-0.05, 0) is 36.8 Å².